The smallest absolute Gasteiger partial charge is 0.693 e. The van der Waals surface area contributed by atoms with Gasteiger partial charge in [0.2, 0.25) is 0 Å². The summed E-state index contributed by atoms with van der Waals surface area (Å²) >= 11 is 0. The van der Waals surface area contributed by atoms with Crippen molar-refractivity contribution in [2.24, 2.45) is 0 Å². The molecule has 0 aliphatic carbocycles. The maximum Gasteiger partial charge on any atom is 2.00 e. The molecule has 0 aromatic carbocycles. The van der Waals surface area contributed by atoms with Crippen LogP contribution in [0.15, 0.2) is 0 Å². The number of rotatable bonds is 0. The Kier molecular flexibility index (Phi) is 768. The van der Waals surface area contributed by atoms with Gasteiger partial charge in [0, 0.05) is 0 Å². The van der Waals surface area contributed by atoms with Gasteiger partial charge in [0.15, 0.2) is 0 Å². The van der Waals surface area contributed by atoms with E-state index in [1.165, 1.54) is 0 Å². The molecule has 4 heteroatoms. The van der Waals surface area contributed by atoms with Gasteiger partial charge in [-0.3, -0.25) is 0 Å². The van der Waals surface area contributed by atoms with Crippen molar-refractivity contribution in [3.05, 3.63) is 12.3 Å². The predicted molar refractivity (Wildman–Crippen MR) is 21.7 cm³/mol. The first kappa shape index (κ1) is 82.9. The van der Waals surface area contributed by atoms with Crippen molar-refractivity contribution in [1.29, 1.82) is 0 Å². The van der Waals surface area contributed by atoms with Gasteiger partial charge >= 0.3 is 19.5 Å². The minimum Gasteiger partial charge on any atom is -0.693 e. The van der Waals surface area contributed by atoms with Gasteiger partial charge in [-0.2, -0.15) is 9.90 Å². The first-order valence-electron chi connectivity index (χ1n) is 0. The monoisotopic (exact) mass is 168 g/mol. The Hall–Kier alpha value is 0.973. The van der Waals surface area contributed by atoms with E-state index in [0.29, 0.717) is 0 Å². The van der Waals surface area contributed by atoms with Crippen molar-refractivity contribution in [2.75, 3.05) is 0 Å². The van der Waals surface area contributed by atoms with Crippen molar-refractivity contribution in [3.8, 4) is 0 Å². The molecule has 30 valence electrons. The SMILES string of the molecule is P.[NH2-].[NH2-].[Ru+2]. The second-order valence-electron chi connectivity index (χ2n) is 0. The quantitative estimate of drug-likeness (QED) is 0.387. The van der Waals surface area contributed by atoms with Crippen LogP contribution in [0.2, 0.25) is 0 Å². The zero-order valence-electron chi connectivity index (χ0n) is 2.22. The molecule has 2 nitrogen and oxygen atoms in total. The van der Waals surface area contributed by atoms with Crippen LogP contribution in [-0.4, -0.2) is 0 Å². The van der Waals surface area contributed by atoms with E-state index in [2.05, 4.69) is 0 Å². The summed E-state index contributed by atoms with van der Waals surface area (Å²) in [6.07, 6.45) is 0. The molecule has 0 aromatic rings. The van der Waals surface area contributed by atoms with Gasteiger partial charge in [0.1, 0.15) is 0 Å². The van der Waals surface area contributed by atoms with Crippen LogP contribution in [0.5, 0.6) is 0 Å². The van der Waals surface area contributed by atoms with Crippen LogP contribution >= 0.6 is 9.90 Å². The minimum absolute atomic E-state index is 0. The second-order valence-corrected chi connectivity index (χ2v) is 0. The van der Waals surface area contributed by atoms with Gasteiger partial charge in [-0.05, 0) is 0 Å². The number of nitrogens with two attached hydrogens (primary N) is 2. The van der Waals surface area contributed by atoms with Gasteiger partial charge in [-0.15, -0.1) is 0 Å². The van der Waals surface area contributed by atoms with E-state index in [4.69, 9.17) is 0 Å². The van der Waals surface area contributed by atoms with E-state index >= 15 is 0 Å². The number of hydrogen-bond donors (Lipinski definition) is 0. The molecule has 4 N–H and O–H groups in total. The molecular formula is H7N2PRu. The molecule has 0 bridgehead atoms. The van der Waals surface area contributed by atoms with Crippen LogP contribution < -0.4 is 0 Å². The van der Waals surface area contributed by atoms with Crippen molar-refractivity contribution >= 4 is 9.90 Å². The molecule has 0 aliphatic heterocycles. The largest absolute Gasteiger partial charge is 2.00 e. The van der Waals surface area contributed by atoms with Crippen LogP contribution in [0.4, 0.5) is 0 Å². The molecular weight excluding hydrogens is 160 g/mol. The Morgan fingerprint density at radius 1 is 0.750 bits per heavy atom. The van der Waals surface area contributed by atoms with E-state index in [-0.39, 0.29) is 41.7 Å². The average molecular weight is 167 g/mol. The van der Waals surface area contributed by atoms with Gasteiger partial charge in [-0.25, -0.2) is 0 Å². The molecule has 4 heavy (non-hydrogen) atoms. The zero-order valence-corrected chi connectivity index (χ0v) is 5.37. The van der Waals surface area contributed by atoms with Crippen LogP contribution in [0.3, 0.4) is 0 Å². The molecule has 0 heterocycles. The van der Waals surface area contributed by atoms with Crippen LogP contribution in [-0.2, 0) is 19.5 Å². The summed E-state index contributed by atoms with van der Waals surface area (Å²) in [5, 5.41) is 0. The summed E-state index contributed by atoms with van der Waals surface area (Å²) in [6, 6.07) is 0. The molecule has 0 saturated carbocycles. The Morgan fingerprint density at radius 3 is 0.750 bits per heavy atom. The van der Waals surface area contributed by atoms with Crippen LogP contribution in [0.1, 0.15) is 0 Å². The van der Waals surface area contributed by atoms with E-state index in [9.17, 15) is 0 Å². The zero-order chi connectivity index (χ0) is 0. The standard InChI is InChI=1S/2H2N.H3P.Ru/h2*1H2;1H3;/q2*-1;;+2. The van der Waals surface area contributed by atoms with E-state index in [1.54, 1.807) is 0 Å². The molecule has 0 rings (SSSR count). The van der Waals surface area contributed by atoms with Crippen molar-refractivity contribution in [1.82, 2.24) is 0 Å². The predicted octanol–water partition coefficient (Wildman–Crippen LogP) is 1.49. The first-order valence-corrected chi connectivity index (χ1v) is 0. The van der Waals surface area contributed by atoms with Crippen molar-refractivity contribution in [3.63, 3.8) is 0 Å². The summed E-state index contributed by atoms with van der Waals surface area (Å²) < 4.78 is 0. The summed E-state index contributed by atoms with van der Waals surface area (Å²) in [7, 11) is 0. The fraction of sp³-hybridized carbons (Fsp3) is 0. The molecule has 1 unspecified atom stereocenters. The summed E-state index contributed by atoms with van der Waals surface area (Å²) in [5.41, 5.74) is 0. The maximum atomic E-state index is 0. The third-order valence-electron chi connectivity index (χ3n) is 0. The maximum absolute atomic E-state index is 0. The molecule has 0 aromatic heterocycles. The second kappa shape index (κ2) is 37.1. The van der Waals surface area contributed by atoms with Crippen LogP contribution in [0, 0.1) is 0 Å². The summed E-state index contributed by atoms with van der Waals surface area (Å²) in [5.74, 6) is 0. The van der Waals surface area contributed by atoms with Gasteiger partial charge in [-0.1, -0.05) is 0 Å². The number of hydrogen-bond acceptors (Lipinski definition) is 0. The summed E-state index contributed by atoms with van der Waals surface area (Å²) in [4.78, 5) is 0. The molecule has 0 radical (unpaired) electrons. The molecule has 0 aliphatic rings. The van der Waals surface area contributed by atoms with Gasteiger partial charge in [0.25, 0.3) is 0 Å². The Morgan fingerprint density at radius 2 is 0.750 bits per heavy atom. The van der Waals surface area contributed by atoms with E-state index in [0.717, 1.165) is 0 Å². The Bertz CT molecular complexity index is 6.00. The van der Waals surface area contributed by atoms with Gasteiger partial charge in [0.05, 0.1) is 0 Å². The summed E-state index contributed by atoms with van der Waals surface area (Å²) in [6.45, 7) is 0. The minimum atomic E-state index is 0. The van der Waals surface area contributed by atoms with Crippen molar-refractivity contribution in [2.45, 2.75) is 0 Å². The van der Waals surface area contributed by atoms with Gasteiger partial charge < -0.3 is 12.3 Å². The van der Waals surface area contributed by atoms with Crippen molar-refractivity contribution < 1.29 is 19.5 Å². The fourth-order valence-corrected chi connectivity index (χ4v) is 0. The van der Waals surface area contributed by atoms with E-state index in [1.807, 2.05) is 0 Å². The topological polar surface area (TPSA) is 67.0 Å². The normalized spacial score (nSPS) is 0. The Labute approximate surface area is 42.3 Å². The van der Waals surface area contributed by atoms with E-state index < -0.39 is 0 Å². The fourth-order valence-electron chi connectivity index (χ4n) is 0. The first-order chi connectivity index (χ1) is 0. The molecule has 0 saturated heterocycles. The van der Waals surface area contributed by atoms with Crippen LogP contribution in [0.25, 0.3) is 12.3 Å². The molecule has 1 atom stereocenters. The molecule has 0 fully saturated rings. The molecule has 0 amide bonds. The average Bonchev–Trinajstić information content (AvgIpc) is 0. The third kappa shape index (κ3) is 12.2. The third-order valence-corrected chi connectivity index (χ3v) is 0. The Balaban J connectivity index is 0. The molecule has 0 spiro atoms.